The van der Waals surface area contributed by atoms with E-state index < -0.39 is 0 Å². The summed E-state index contributed by atoms with van der Waals surface area (Å²) < 4.78 is 5.33. The van der Waals surface area contributed by atoms with Crippen LogP contribution in [0.2, 0.25) is 0 Å². The first-order chi connectivity index (χ1) is 7.34. The van der Waals surface area contributed by atoms with Gasteiger partial charge in [-0.3, -0.25) is 5.10 Å². The van der Waals surface area contributed by atoms with Gasteiger partial charge in [0.25, 0.3) is 5.89 Å². The van der Waals surface area contributed by atoms with E-state index in [1.165, 1.54) is 0 Å². The highest BCUT2D eigenvalue weighted by Crippen LogP contribution is 2.24. The lowest BCUT2D eigenvalue weighted by Crippen LogP contribution is -1.78. The lowest BCUT2D eigenvalue weighted by atomic mass is 10.2. The van der Waals surface area contributed by atoms with Crippen LogP contribution in [0.1, 0.15) is 5.89 Å². The summed E-state index contributed by atoms with van der Waals surface area (Å²) in [6, 6.07) is 7.82. The van der Waals surface area contributed by atoms with Crippen LogP contribution in [0.5, 0.6) is 0 Å². The van der Waals surface area contributed by atoms with Crippen LogP contribution in [0.3, 0.4) is 0 Å². The number of fused-ring (bicyclic) bond motifs is 1. The number of aromatic amines is 1. The van der Waals surface area contributed by atoms with Gasteiger partial charge in [-0.25, -0.2) is 0 Å². The number of H-pyrrole nitrogens is 1. The number of aromatic nitrogens is 4. The summed E-state index contributed by atoms with van der Waals surface area (Å²) in [6.07, 6.45) is 0. The zero-order chi connectivity index (χ0) is 10.3. The molecule has 0 saturated heterocycles. The topological polar surface area (TPSA) is 67.6 Å². The van der Waals surface area contributed by atoms with Crippen LogP contribution in [0.15, 0.2) is 28.7 Å². The molecule has 15 heavy (non-hydrogen) atoms. The van der Waals surface area contributed by atoms with Crippen molar-refractivity contribution in [3.05, 3.63) is 30.2 Å². The van der Waals surface area contributed by atoms with Crippen molar-refractivity contribution >= 4 is 10.9 Å². The van der Waals surface area contributed by atoms with Gasteiger partial charge in [0.1, 0.15) is 0 Å². The zero-order valence-electron chi connectivity index (χ0n) is 8.06. The second-order valence-corrected chi connectivity index (χ2v) is 3.24. The van der Waals surface area contributed by atoms with Gasteiger partial charge < -0.3 is 4.42 Å². The molecular formula is C10H8N4O. The van der Waals surface area contributed by atoms with Crippen molar-refractivity contribution in [2.75, 3.05) is 0 Å². The molecule has 74 valence electrons. The third kappa shape index (κ3) is 1.20. The Morgan fingerprint density at radius 2 is 2.07 bits per heavy atom. The minimum absolute atomic E-state index is 0.449. The molecule has 0 aliphatic rings. The van der Waals surface area contributed by atoms with Crippen LogP contribution in [-0.2, 0) is 0 Å². The normalized spacial score (nSPS) is 11.0. The molecule has 5 nitrogen and oxygen atoms in total. The van der Waals surface area contributed by atoms with Gasteiger partial charge in [-0.05, 0) is 6.07 Å². The molecule has 0 aliphatic carbocycles. The Morgan fingerprint density at radius 3 is 2.87 bits per heavy atom. The Balaban J connectivity index is 2.27. The number of aryl methyl sites for hydroxylation is 1. The second-order valence-electron chi connectivity index (χ2n) is 3.24. The standard InChI is InChI=1S/C10H8N4O/c1-6-11-14-10(15-6)9-7-4-2-3-5-8(7)12-13-9/h2-5H,1H3,(H,12,13). The largest absolute Gasteiger partial charge is 0.420 e. The molecule has 0 saturated carbocycles. The molecule has 0 bridgehead atoms. The van der Waals surface area contributed by atoms with Crippen molar-refractivity contribution in [2.45, 2.75) is 6.92 Å². The second kappa shape index (κ2) is 2.91. The van der Waals surface area contributed by atoms with E-state index in [9.17, 15) is 0 Å². The van der Waals surface area contributed by atoms with Crippen LogP contribution in [0.4, 0.5) is 0 Å². The minimum Gasteiger partial charge on any atom is -0.420 e. The summed E-state index contributed by atoms with van der Waals surface area (Å²) in [5.41, 5.74) is 1.66. The molecule has 2 aromatic heterocycles. The number of hydrogen-bond donors (Lipinski definition) is 1. The van der Waals surface area contributed by atoms with Crippen LogP contribution < -0.4 is 0 Å². The maximum atomic E-state index is 5.33. The molecule has 0 radical (unpaired) electrons. The summed E-state index contributed by atoms with van der Waals surface area (Å²) in [7, 11) is 0. The molecule has 1 aromatic carbocycles. The predicted molar refractivity (Wildman–Crippen MR) is 54.1 cm³/mol. The van der Waals surface area contributed by atoms with Gasteiger partial charge in [0.15, 0.2) is 5.69 Å². The minimum atomic E-state index is 0.449. The maximum Gasteiger partial charge on any atom is 0.268 e. The smallest absolute Gasteiger partial charge is 0.268 e. The van der Waals surface area contributed by atoms with E-state index in [2.05, 4.69) is 20.4 Å². The molecule has 3 aromatic rings. The van der Waals surface area contributed by atoms with E-state index in [1.54, 1.807) is 6.92 Å². The summed E-state index contributed by atoms with van der Waals surface area (Å²) in [5.74, 6) is 0.988. The average molecular weight is 200 g/mol. The number of rotatable bonds is 1. The van der Waals surface area contributed by atoms with Crippen molar-refractivity contribution in [3.8, 4) is 11.6 Å². The number of nitrogens with one attached hydrogen (secondary N) is 1. The summed E-state index contributed by atoms with van der Waals surface area (Å²) in [5, 5.41) is 15.8. The number of benzene rings is 1. The van der Waals surface area contributed by atoms with Crippen LogP contribution >= 0.6 is 0 Å². The van der Waals surface area contributed by atoms with E-state index in [0.717, 1.165) is 10.9 Å². The quantitative estimate of drug-likeness (QED) is 0.651. The van der Waals surface area contributed by atoms with Gasteiger partial charge in [0.05, 0.1) is 5.52 Å². The zero-order valence-corrected chi connectivity index (χ0v) is 8.06. The Morgan fingerprint density at radius 1 is 1.20 bits per heavy atom. The monoisotopic (exact) mass is 200 g/mol. The molecule has 0 amide bonds. The summed E-state index contributed by atoms with van der Waals surface area (Å²) in [6.45, 7) is 1.76. The average Bonchev–Trinajstić information content (AvgIpc) is 2.83. The Bertz CT molecular complexity index is 610. The van der Waals surface area contributed by atoms with E-state index in [-0.39, 0.29) is 0 Å². The fourth-order valence-corrected chi connectivity index (χ4v) is 1.52. The first-order valence-corrected chi connectivity index (χ1v) is 4.58. The summed E-state index contributed by atoms with van der Waals surface area (Å²) >= 11 is 0. The number of nitrogens with zero attached hydrogens (tertiary/aromatic N) is 3. The van der Waals surface area contributed by atoms with Gasteiger partial charge in [-0.1, -0.05) is 18.2 Å². The van der Waals surface area contributed by atoms with Gasteiger partial charge in [-0.2, -0.15) is 5.10 Å². The summed E-state index contributed by atoms with van der Waals surface area (Å²) in [4.78, 5) is 0. The van der Waals surface area contributed by atoms with Gasteiger partial charge in [-0.15, -0.1) is 10.2 Å². The first-order valence-electron chi connectivity index (χ1n) is 4.58. The van der Waals surface area contributed by atoms with Crippen LogP contribution in [0.25, 0.3) is 22.5 Å². The van der Waals surface area contributed by atoms with Crippen molar-refractivity contribution in [2.24, 2.45) is 0 Å². The van der Waals surface area contributed by atoms with E-state index >= 15 is 0 Å². The van der Waals surface area contributed by atoms with E-state index in [0.29, 0.717) is 17.5 Å². The first kappa shape index (κ1) is 8.16. The highest BCUT2D eigenvalue weighted by Gasteiger charge is 2.12. The molecule has 0 unspecified atom stereocenters. The van der Waals surface area contributed by atoms with E-state index in [4.69, 9.17) is 4.42 Å². The number of hydrogen-bond acceptors (Lipinski definition) is 4. The van der Waals surface area contributed by atoms with Crippen molar-refractivity contribution in [1.82, 2.24) is 20.4 Å². The van der Waals surface area contributed by atoms with Crippen molar-refractivity contribution in [3.63, 3.8) is 0 Å². The molecule has 0 fully saturated rings. The molecule has 1 N–H and O–H groups in total. The highest BCUT2D eigenvalue weighted by molar-refractivity contribution is 5.90. The Labute approximate surface area is 85.1 Å². The van der Waals surface area contributed by atoms with E-state index in [1.807, 2.05) is 24.3 Å². The SMILES string of the molecule is Cc1nnc(-c2n[nH]c3ccccc23)o1. The fourth-order valence-electron chi connectivity index (χ4n) is 1.52. The third-order valence-electron chi connectivity index (χ3n) is 2.20. The van der Waals surface area contributed by atoms with Crippen molar-refractivity contribution < 1.29 is 4.42 Å². The lowest BCUT2D eigenvalue weighted by molar-refractivity contribution is 0.531. The third-order valence-corrected chi connectivity index (χ3v) is 2.20. The molecule has 0 spiro atoms. The molecule has 3 rings (SSSR count). The van der Waals surface area contributed by atoms with Crippen LogP contribution in [0, 0.1) is 6.92 Å². The molecule has 0 atom stereocenters. The van der Waals surface area contributed by atoms with Crippen molar-refractivity contribution in [1.29, 1.82) is 0 Å². The molecular weight excluding hydrogens is 192 g/mol. The maximum absolute atomic E-state index is 5.33. The Kier molecular flexibility index (Phi) is 1.58. The molecule has 5 heteroatoms. The van der Waals surface area contributed by atoms with Crippen LogP contribution in [-0.4, -0.2) is 20.4 Å². The molecule has 0 aliphatic heterocycles. The van der Waals surface area contributed by atoms with Gasteiger partial charge in [0, 0.05) is 12.3 Å². The molecule has 2 heterocycles. The lowest BCUT2D eigenvalue weighted by Gasteiger charge is -1.88. The predicted octanol–water partition coefficient (Wildman–Crippen LogP) is 1.92. The number of para-hydroxylation sites is 1. The Hall–Kier alpha value is -2.17. The highest BCUT2D eigenvalue weighted by atomic mass is 16.4. The van der Waals surface area contributed by atoms with Gasteiger partial charge in [0.2, 0.25) is 5.89 Å². The van der Waals surface area contributed by atoms with Gasteiger partial charge >= 0.3 is 0 Å². The fraction of sp³-hybridized carbons (Fsp3) is 0.100.